The number of hydrogen-bond donors (Lipinski definition) is 2. The number of benzene rings is 3. The molecule has 0 aliphatic heterocycles. The monoisotopic (exact) mass is 442 g/mol. The van der Waals surface area contributed by atoms with Crippen molar-refractivity contribution in [3.05, 3.63) is 95.6 Å². The summed E-state index contributed by atoms with van der Waals surface area (Å²) in [6.07, 6.45) is 0. The molecule has 0 bridgehead atoms. The molecule has 0 saturated heterocycles. The van der Waals surface area contributed by atoms with E-state index in [0.717, 1.165) is 16.7 Å². The van der Waals surface area contributed by atoms with Crippen LogP contribution in [0.2, 0.25) is 0 Å². The minimum Gasteiger partial charge on any atom is -0.325 e. The van der Waals surface area contributed by atoms with E-state index < -0.39 is 5.25 Å². The lowest BCUT2D eigenvalue weighted by Gasteiger charge is -2.15. The van der Waals surface area contributed by atoms with Gasteiger partial charge in [-0.3, -0.25) is 14.7 Å². The van der Waals surface area contributed by atoms with E-state index in [0.29, 0.717) is 22.2 Å². The van der Waals surface area contributed by atoms with E-state index in [1.54, 1.807) is 24.3 Å². The van der Waals surface area contributed by atoms with Gasteiger partial charge < -0.3 is 5.32 Å². The predicted molar refractivity (Wildman–Crippen MR) is 127 cm³/mol. The van der Waals surface area contributed by atoms with Gasteiger partial charge in [0.25, 0.3) is 0 Å². The summed E-state index contributed by atoms with van der Waals surface area (Å²) >= 11 is 1.27. The molecule has 6 nitrogen and oxygen atoms in total. The van der Waals surface area contributed by atoms with Crippen molar-refractivity contribution in [1.29, 1.82) is 0 Å². The summed E-state index contributed by atoms with van der Waals surface area (Å²) < 4.78 is 0. The fourth-order valence-corrected chi connectivity index (χ4v) is 4.08. The van der Waals surface area contributed by atoms with Gasteiger partial charge in [-0.05, 0) is 31.5 Å². The Labute approximate surface area is 190 Å². The fourth-order valence-electron chi connectivity index (χ4n) is 3.17. The van der Waals surface area contributed by atoms with Gasteiger partial charge in [0.15, 0.2) is 11.6 Å². The molecule has 1 heterocycles. The molecule has 1 aromatic heterocycles. The molecular formula is C25H22N4O2S. The van der Waals surface area contributed by atoms with Gasteiger partial charge in [0, 0.05) is 16.8 Å². The number of Topliss-reactive ketones (excluding diaryl/α,β-unsaturated/α-hetero) is 1. The second kappa shape index (κ2) is 9.62. The Bertz CT molecular complexity index is 1240. The van der Waals surface area contributed by atoms with Crippen molar-refractivity contribution < 1.29 is 9.59 Å². The molecule has 1 atom stereocenters. The molecule has 7 heteroatoms. The Morgan fingerprint density at radius 2 is 1.72 bits per heavy atom. The lowest BCUT2D eigenvalue weighted by Crippen LogP contribution is -2.19. The summed E-state index contributed by atoms with van der Waals surface area (Å²) in [6.45, 7) is 3.53. The van der Waals surface area contributed by atoms with Crippen LogP contribution < -0.4 is 5.32 Å². The Morgan fingerprint density at radius 3 is 2.44 bits per heavy atom. The molecule has 0 aliphatic carbocycles. The Kier molecular flexibility index (Phi) is 6.47. The predicted octanol–water partition coefficient (Wildman–Crippen LogP) is 5.45. The zero-order chi connectivity index (χ0) is 22.5. The van der Waals surface area contributed by atoms with E-state index in [-0.39, 0.29) is 11.7 Å². The first kappa shape index (κ1) is 21.5. The number of nitrogens with one attached hydrogen (secondary N) is 2. The van der Waals surface area contributed by atoms with Crippen LogP contribution in [0, 0.1) is 6.92 Å². The minimum atomic E-state index is -0.571. The maximum absolute atomic E-state index is 13.2. The molecular weight excluding hydrogens is 420 g/mol. The summed E-state index contributed by atoms with van der Waals surface area (Å²) in [5.74, 6) is 0.372. The average Bonchev–Trinajstić information content (AvgIpc) is 3.27. The Balaban J connectivity index is 1.58. The number of aryl methyl sites for hydroxylation is 1. The highest BCUT2D eigenvalue weighted by Crippen LogP contribution is 2.35. The van der Waals surface area contributed by atoms with Crippen molar-refractivity contribution in [3.8, 4) is 11.4 Å². The number of hydrogen-bond acceptors (Lipinski definition) is 5. The van der Waals surface area contributed by atoms with Crippen molar-refractivity contribution in [2.75, 3.05) is 5.32 Å². The molecule has 0 saturated carbocycles. The highest BCUT2D eigenvalue weighted by atomic mass is 32.2. The molecule has 4 rings (SSSR count). The number of rotatable bonds is 7. The second-order valence-electron chi connectivity index (χ2n) is 7.37. The van der Waals surface area contributed by atoms with E-state index in [9.17, 15) is 9.59 Å². The number of H-pyrrole nitrogens is 1. The maximum Gasteiger partial charge on any atom is 0.242 e. The van der Waals surface area contributed by atoms with Crippen LogP contribution in [0.3, 0.4) is 0 Å². The normalized spacial score (nSPS) is 11.7. The molecule has 160 valence electrons. The molecule has 4 aromatic rings. The van der Waals surface area contributed by atoms with Gasteiger partial charge in [0.2, 0.25) is 11.1 Å². The van der Waals surface area contributed by atoms with Gasteiger partial charge in [-0.15, -0.1) is 5.10 Å². The third kappa shape index (κ3) is 5.12. The first-order valence-electron chi connectivity index (χ1n) is 10.1. The van der Waals surface area contributed by atoms with Crippen LogP contribution in [0.5, 0.6) is 0 Å². The molecule has 0 spiro atoms. The number of amides is 1. The third-order valence-electron chi connectivity index (χ3n) is 4.89. The first-order chi connectivity index (χ1) is 15.5. The zero-order valence-corrected chi connectivity index (χ0v) is 18.5. The Morgan fingerprint density at radius 1 is 0.969 bits per heavy atom. The van der Waals surface area contributed by atoms with Crippen molar-refractivity contribution >= 4 is 29.1 Å². The fraction of sp³-hybridized carbons (Fsp3) is 0.120. The number of aromatic nitrogens is 3. The van der Waals surface area contributed by atoms with Gasteiger partial charge in [0.05, 0.1) is 0 Å². The molecule has 2 N–H and O–H groups in total. The molecule has 1 amide bonds. The molecule has 0 aliphatic rings. The van der Waals surface area contributed by atoms with E-state index in [1.165, 1.54) is 18.7 Å². The van der Waals surface area contributed by atoms with Crippen LogP contribution in [-0.2, 0) is 4.79 Å². The van der Waals surface area contributed by atoms with Crippen molar-refractivity contribution in [2.45, 2.75) is 24.3 Å². The zero-order valence-electron chi connectivity index (χ0n) is 17.7. The molecule has 0 radical (unpaired) electrons. The highest BCUT2D eigenvalue weighted by molar-refractivity contribution is 8.00. The lowest BCUT2D eigenvalue weighted by atomic mass is 10.1. The van der Waals surface area contributed by atoms with Crippen LogP contribution in [0.25, 0.3) is 11.4 Å². The standard InChI is InChI=1S/C25H22N4O2S/c1-16-11-13-19(14-12-16)23-27-25(29-28-23)32-22(18-7-4-3-5-8-18)24(31)26-21-10-6-9-20(15-21)17(2)30/h3-15,22H,1-2H3,(H,26,31)(H,27,28,29)/t22-/m0/s1. The number of carbonyl (C=O) groups excluding carboxylic acids is 2. The van der Waals surface area contributed by atoms with Gasteiger partial charge in [-0.1, -0.05) is 84.1 Å². The van der Waals surface area contributed by atoms with Crippen molar-refractivity contribution in [2.24, 2.45) is 0 Å². The van der Waals surface area contributed by atoms with E-state index >= 15 is 0 Å². The third-order valence-corrected chi connectivity index (χ3v) is 6.01. The number of nitrogens with zero attached hydrogens (tertiary/aromatic N) is 2. The van der Waals surface area contributed by atoms with Crippen LogP contribution in [0.15, 0.2) is 84.0 Å². The van der Waals surface area contributed by atoms with Gasteiger partial charge in [0.1, 0.15) is 5.25 Å². The summed E-state index contributed by atoms with van der Waals surface area (Å²) in [5.41, 5.74) is 4.04. The smallest absolute Gasteiger partial charge is 0.242 e. The number of aromatic amines is 1. The quantitative estimate of drug-likeness (QED) is 0.293. The van der Waals surface area contributed by atoms with Gasteiger partial charge >= 0.3 is 0 Å². The molecule has 0 unspecified atom stereocenters. The molecule has 3 aromatic carbocycles. The average molecular weight is 443 g/mol. The van der Waals surface area contributed by atoms with Gasteiger partial charge in [-0.2, -0.15) is 0 Å². The van der Waals surface area contributed by atoms with Gasteiger partial charge in [-0.25, -0.2) is 4.98 Å². The van der Waals surface area contributed by atoms with Crippen LogP contribution in [0.4, 0.5) is 5.69 Å². The number of anilines is 1. The molecule has 0 fully saturated rings. The van der Waals surface area contributed by atoms with Crippen molar-refractivity contribution in [3.63, 3.8) is 0 Å². The summed E-state index contributed by atoms with van der Waals surface area (Å²) in [7, 11) is 0. The van der Waals surface area contributed by atoms with E-state index in [4.69, 9.17) is 0 Å². The summed E-state index contributed by atoms with van der Waals surface area (Å²) in [6, 6.07) is 24.4. The molecule has 32 heavy (non-hydrogen) atoms. The second-order valence-corrected chi connectivity index (χ2v) is 8.44. The summed E-state index contributed by atoms with van der Waals surface area (Å²) in [4.78, 5) is 29.5. The SMILES string of the molecule is CC(=O)c1cccc(NC(=O)[C@@H](Sc2n[nH]c(-c3ccc(C)cc3)n2)c2ccccc2)c1. The largest absolute Gasteiger partial charge is 0.325 e. The van der Waals surface area contributed by atoms with Crippen LogP contribution in [-0.4, -0.2) is 26.9 Å². The van der Waals surface area contributed by atoms with E-state index in [2.05, 4.69) is 20.5 Å². The van der Waals surface area contributed by atoms with Crippen molar-refractivity contribution in [1.82, 2.24) is 15.2 Å². The van der Waals surface area contributed by atoms with Crippen LogP contribution >= 0.6 is 11.8 Å². The highest BCUT2D eigenvalue weighted by Gasteiger charge is 2.24. The van der Waals surface area contributed by atoms with E-state index in [1.807, 2.05) is 61.5 Å². The Hall–Kier alpha value is -3.71. The number of thioether (sulfide) groups is 1. The summed E-state index contributed by atoms with van der Waals surface area (Å²) in [5, 5.41) is 10.1. The topological polar surface area (TPSA) is 87.7 Å². The number of carbonyl (C=O) groups is 2. The maximum atomic E-state index is 13.2. The first-order valence-corrected chi connectivity index (χ1v) is 11.0. The van der Waals surface area contributed by atoms with Crippen LogP contribution in [0.1, 0.15) is 33.7 Å². The lowest BCUT2D eigenvalue weighted by molar-refractivity contribution is -0.115. The minimum absolute atomic E-state index is 0.0561. The number of ketones is 1.